The van der Waals surface area contributed by atoms with Gasteiger partial charge in [0.15, 0.2) is 0 Å². The number of aromatic carboxylic acids is 1. The second-order valence-electron chi connectivity index (χ2n) is 11.9. The molecule has 2 heterocycles. The van der Waals surface area contributed by atoms with Gasteiger partial charge in [-0.05, 0) is 86.6 Å². The highest BCUT2D eigenvalue weighted by Crippen LogP contribution is 2.58. The van der Waals surface area contributed by atoms with E-state index in [1.54, 1.807) is 18.2 Å². The molecular weight excluding hydrogens is 556 g/mol. The summed E-state index contributed by atoms with van der Waals surface area (Å²) in [6.45, 7) is 0.888. The summed E-state index contributed by atoms with van der Waals surface area (Å²) in [5.74, 6) is -0.0727. The number of carboxylic acid groups (broad SMARTS) is 1. The fourth-order valence-corrected chi connectivity index (χ4v) is 7.28. The van der Waals surface area contributed by atoms with E-state index in [0.29, 0.717) is 47.0 Å². The molecule has 7 rings (SSSR count). The molecule has 1 aromatic heterocycles. The Morgan fingerprint density at radius 2 is 1.93 bits per heavy atom. The van der Waals surface area contributed by atoms with E-state index in [9.17, 15) is 23.1 Å². The van der Waals surface area contributed by atoms with Crippen molar-refractivity contribution < 1.29 is 41.5 Å². The Morgan fingerprint density at radius 1 is 1.12 bits per heavy atom. The number of rotatable bonds is 8. The monoisotopic (exact) mass is 586 g/mol. The number of aromatic nitrogens is 1. The zero-order valence-electron chi connectivity index (χ0n) is 22.6. The van der Waals surface area contributed by atoms with Crippen molar-refractivity contribution in [3.8, 4) is 17.0 Å². The summed E-state index contributed by atoms with van der Waals surface area (Å²) in [5.41, 5.74) is 1.54. The van der Waals surface area contributed by atoms with Crippen molar-refractivity contribution in [2.45, 2.75) is 69.6 Å². The van der Waals surface area contributed by atoms with Crippen LogP contribution in [0, 0.1) is 23.6 Å². The Morgan fingerprint density at radius 3 is 2.67 bits per heavy atom. The SMILES string of the molecule is O=C(O)c1ccc(N2CCCC3CC2CC2C3[C@H]2OCc2c(-c3ccccc3OC(F)(F)F)noc2C2CC2)c(F)c1. The Hall–Kier alpha value is -3.60. The second kappa shape index (κ2) is 10.3. The third-order valence-corrected chi connectivity index (χ3v) is 9.29. The van der Waals surface area contributed by atoms with Crippen LogP contribution in [0.25, 0.3) is 11.3 Å². The molecule has 1 aliphatic heterocycles. The van der Waals surface area contributed by atoms with E-state index in [1.807, 2.05) is 0 Å². The van der Waals surface area contributed by atoms with Crippen molar-refractivity contribution in [2.75, 3.05) is 11.4 Å². The molecule has 0 amide bonds. The number of para-hydroxylation sites is 1. The molecule has 4 unspecified atom stereocenters. The number of halogens is 4. The van der Waals surface area contributed by atoms with Crippen LogP contribution in [0.2, 0.25) is 0 Å². The van der Waals surface area contributed by atoms with E-state index >= 15 is 4.39 Å². The third-order valence-electron chi connectivity index (χ3n) is 9.29. The molecule has 2 aromatic carbocycles. The summed E-state index contributed by atoms with van der Waals surface area (Å²) in [4.78, 5) is 13.4. The quantitative estimate of drug-likeness (QED) is 0.280. The first kappa shape index (κ1) is 27.2. The number of hydrogen-bond acceptors (Lipinski definition) is 6. The smallest absolute Gasteiger partial charge is 0.478 e. The zero-order chi connectivity index (χ0) is 29.2. The van der Waals surface area contributed by atoms with Crippen LogP contribution >= 0.6 is 0 Å². The predicted octanol–water partition coefficient (Wildman–Crippen LogP) is 7.17. The molecule has 2 bridgehead atoms. The number of anilines is 1. The summed E-state index contributed by atoms with van der Waals surface area (Å²) >= 11 is 0. The van der Waals surface area contributed by atoms with Crippen LogP contribution in [0.4, 0.5) is 23.2 Å². The van der Waals surface area contributed by atoms with Crippen molar-refractivity contribution in [2.24, 2.45) is 17.8 Å². The highest BCUT2D eigenvalue weighted by atomic mass is 19.4. The van der Waals surface area contributed by atoms with E-state index in [-0.39, 0.29) is 41.5 Å². The van der Waals surface area contributed by atoms with Crippen LogP contribution < -0.4 is 9.64 Å². The van der Waals surface area contributed by atoms with Crippen LogP contribution in [0.5, 0.6) is 5.75 Å². The predicted molar refractivity (Wildman–Crippen MR) is 143 cm³/mol. The fraction of sp³-hybridized carbons (Fsp3) is 0.484. The van der Waals surface area contributed by atoms with Crippen molar-refractivity contribution in [3.63, 3.8) is 0 Å². The van der Waals surface area contributed by atoms with Gasteiger partial charge in [-0.1, -0.05) is 17.3 Å². The lowest BCUT2D eigenvalue weighted by molar-refractivity contribution is -0.274. The molecule has 1 saturated heterocycles. The third kappa shape index (κ3) is 5.12. The number of ether oxygens (including phenoxy) is 2. The molecule has 4 fully saturated rings. The van der Waals surface area contributed by atoms with Gasteiger partial charge < -0.3 is 24.0 Å². The van der Waals surface area contributed by atoms with Gasteiger partial charge in [0.25, 0.3) is 0 Å². The number of carbonyl (C=O) groups is 1. The highest BCUT2D eigenvalue weighted by Gasteiger charge is 2.59. The Kier molecular flexibility index (Phi) is 6.67. The second-order valence-corrected chi connectivity index (χ2v) is 11.9. The van der Waals surface area contributed by atoms with Gasteiger partial charge in [0.2, 0.25) is 0 Å². The molecule has 11 heteroatoms. The van der Waals surface area contributed by atoms with Gasteiger partial charge in [-0.15, -0.1) is 13.2 Å². The minimum absolute atomic E-state index is 0.00402. The first-order valence-electron chi connectivity index (χ1n) is 14.4. The minimum Gasteiger partial charge on any atom is -0.478 e. The summed E-state index contributed by atoms with van der Waals surface area (Å²) in [5, 5.41) is 13.4. The number of fused-ring (bicyclic) bond motifs is 4. The van der Waals surface area contributed by atoms with Gasteiger partial charge in [0.1, 0.15) is 23.0 Å². The van der Waals surface area contributed by atoms with Crippen molar-refractivity contribution in [1.82, 2.24) is 5.16 Å². The van der Waals surface area contributed by atoms with Gasteiger partial charge in [-0.25, -0.2) is 9.18 Å². The fourth-order valence-electron chi connectivity index (χ4n) is 7.28. The van der Waals surface area contributed by atoms with Gasteiger partial charge >= 0.3 is 12.3 Å². The lowest BCUT2D eigenvalue weighted by Gasteiger charge is -2.35. The molecule has 3 aliphatic carbocycles. The summed E-state index contributed by atoms with van der Waals surface area (Å²) in [7, 11) is 0. The molecule has 42 heavy (non-hydrogen) atoms. The zero-order valence-corrected chi connectivity index (χ0v) is 22.6. The number of nitrogens with zero attached hydrogens (tertiary/aromatic N) is 2. The van der Waals surface area contributed by atoms with E-state index < -0.39 is 18.1 Å². The van der Waals surface area contributed by atoms with Crippen molar-refractivity contribution in [1.29, 1.82) is 0 Å². The van der Waals surface area contributed by atoms with Crippen LogP contribution in [-0.4, -0.2) is 41.3 Å². The molecule has 3 saturated carbocycles. The molecule has 0 radical (unpaired) electrons. The molecule has 5 atom stereocenters. The maximum absolute atomic E-state index is 15.0. The summed E-state index contributed by atoms with van der Waals surface area (Å²) in [6.07, 6.45) is 0.656. The maximum Gasteiger partial charge on any atom is 0.573 e. The Bertz CT molecular complexity index is 1500. The first-order valence-corrected chi connectivity index (χ1v) is 14.4. The van der Waals surface area contributed by atoms with E-state index in [4.69, 9.17) is 9.26 Å². The molecule has 0 spiro atoms. The van der Waals surface area contributed by atoms with Crippen molar-refractivity contribution >= 4 is 11.7 Å². The molecule has 3 aromatic rings. The topological polar surface area (TPSA) is 85.0 Å². The van der Waals surface area contributed by atoms with Gasteiger partial charge in [0, 0.05) is 29.6 Å². The number of hydrogen-bond donors (Lipinski definition) is 1. The lowest BCUT2D eigenvalue weighted by atomic mass is 9.84. The molecule has 1 N–H and O–H groups in total. The summed E-state index contributed by atoms with van der Waals surface area (Å²) in [6, 6.07) is 10.1. The minimum atomic E-state index is -4.84. The number of alkyl halides is 3. The molecule has 7 nitrogen and oxygen atoms in total. The normalized spacial score (nSPS) is 26.9. The van der Waals surface area contributed by atoms with E-state index in [1.165, 1.54) is 18.2 Å². The average molecular weight is 587 g/mol. The van der Waals surface area contributed by atoms with Crippen LogP contribution in [0.3, 0.4) is 0 Å². The average Bonchev–Trinajstić information content (AvgIpc) is 3.87. The first-order chi connectivity index (χ1) is 20.2. The molecule has 222 valence electrons. The van der Waals surface area contributed by atoms with Gasteiger partial charge in [-0.2, -0.15) is 0 Å². The van der Waals surface area contributed by atoms with Crippen LogP contribution in [0.15, 0.2) is 47.0 Å². The lowest BCUT2D eigenvalue weighted by Crippen LogP contribution is -2.38. The maximum atomic E-state index is 15.0. The Balaban J connectivity index is 1.09. The number of benzene rings is 2. The standard InChI is InChI=1S/C31H30F4N2O5/c32-23-13-18(30(38)39)9-10-24(23)37-11-3-4-17-12-19(37)14-21-26(17)29(21)40-15-22-27(36-42-28(22)16-7-8-16)20-5-1-2-6-25(20)41-31(33,34)35/h1-2,5-6,9-10,13,16-17,19,21,26,29H,3-4,7-8,11-12,14-15H2,(H,38,39)/t17?,19?,21?,26?,29-/m0/s1. The largest absolute Gasteiger partial charge is 0.573 e. The molecular formula is C31H30F4N2O5. The van der Waals surface area contributed by atoms with Crippen LogP contribution in [0.1, 0.15) is 66.1 Å². The van der Waals surface area contributed by atoms with Gasteiger partial charge in [-0.3, -0.25) is 0 Å². The van der Waals surface area contributed by atoms with Crippen molar-refractivity contribution in [3.05, 3.63) is 65.2 Å². The summed E-state index contributed by atoms with van der Waals surface area (Å²) < 4.78 is 70.8. The van der Waals surface area contributed by atoms with E-state index in [0.717, 1.165) is 44.6 Å². The number of carboxylic acids is 1. The highest BCUT2D eigenvalue weighted by molar-refractivity contribution is 5.88. The van der Waals surface area contributed by atoms with Crippen LogP contribution in [-0.2, 0) is 11.3 Å². The molecule has 4 aliphatic rings. The van der Waals surface area contributed by atoms with Gasteiger partial charge in [0.05, 0.1) is 24.0 Å². The Labute approximate surface area is 239 Å². The van der Waals surface area contributed by atoms with E-state index in [2.05, 4.69) is 14.8 Å².